The zero-order valence-corrected chi connectivity index (χ0v) is 14.8. The fourth-order valence-electron chi connectivity index (χ4n) is 2.71. The van der Waals surface area contributed by atoms with E-state index in [1.807, 2.05) is 36.4 Å². The minimum Gasteiger partial charge on any atom is -0.494 e. The Morgan fingerprint density at radius 3 is 2.52 bits per heavy atom. The first-order chi connectivity index (χ1) is 12.3. The summed E-state index contributed by atoms with van der Waals surface area (Å²) in [6.45, 7) is 0.640. The van der Waals surface area contributed by atoms with Crippen LogP contribution in [-0.2, 0) is 0 Å². The van der Waals surface area contributed by atoms with Gasteiger partial charge in [-0.25, -0.2) is 0 Å². The predicted octanol–water partition coefficient (Wildman–Crippen LogP) is 5.64. The second-order valence-corrected chi connectivity index (χ2v) is 6.33. The SMILES string of the molecule is O=c1cc(-c2ccccc2)oc2ccc(OCCCCCCCl)cc12. The van der Waals surface area contributed by atoms with E-state index in [9.17, 15) is 4.79 Å². The lowest BCUT2D eigenvalue weighted by Crippen LogP contribution is -2.02. The van der Waals surface area contributed by atoms with Crippen molar-refractivity contribution < 1.29 is 9.15 Å². The van der Waals surface area contributed by atoms with Crippen molar-refractivity contribution in [3.8, 4) is 17.1 Å². The molecule has 3 rings (SSSR count). The van der Waals surface area contributed by atoms with Crippen LogP contribution in [0.25, 0.3) is 22.3 Å². The summed E-state index contributed by atoms with van der Waals surface area (Å²) in [5.41, 5.74) is 1.40. The maximum absolute atomic E-state index is 12.4. The Labute approximate surface area is 152 Å². The highest BCUT2D eigenvalue weighted by molar-refractivity contribution is 6.17. The Hall–Kier alpha value is -2.26. The fourth-order valence-corrected chi connectivity index (χ4v) is 2.90. The summed E-state index contributed by atoms with van der Waals surface area (Å²) >= 11 is 5.66. The highest BCUT2D eigenvalue weighted by atomic mass is 35.5. The van der Waals surface area contributed by atoms with E-state index in [2.05, 4.69) is 0 Å². The molecule has 0 spiro atoms. The number of unbranched alkanes of at least 4 members (excludes halogenated alkanes) is 3. The number of hydrogen-bond acceptors (Lipinski definition) is 3. The van der Waals surface area contributed by atoms with E-state index in [1.54, 1.807) is 12.1 Å². The number of alkyl halides is 1. The first kappa shape index (κ1) is 17.6. The summed E-state index contributed by atoms with van der Waals surface area (Å²) in [4.78, 5) is 12.4. The zero-order chi connectivity index (χ0) is 17.5. The lowest BCUT2D eigenvalue weighted by atomic mass is 10.1. The summed E-state index contributed by atoms with van der Waals surface area (Å²) in [6.07, 6.45) is 4.25. The third-order valence-electron chi connectivity index (χ3n) is 4.05. The van der Waals surface area contributed by atoms with E-state index in [4.69, 9.17) is 20.8 Å². The van der Waals surface area contributed by atoms with Crippen molar-refractivity contribution in [2.45, 2.75) is 25.7 Å². The van der Waals surface area contributed by atoms with Crippen molar-refractivity contribution in [1.82, 2.24) is 0 Å². The van der Waals surface area contributed by atoms with Gasteiger partial charge < -0.3 is 9.15 Å². The minimum absolute atomic E-state index is 0.0623. The van der Waals surface area contributed by atoms with Gasteiger partial charge in [0.25, 0.3) is 0 Å². The van der Waals surface area contributed by atoms with Gasteiger partial charge in [-0.05, 0) is 31.0 Å². The molecule has 0 bridgehead atoms. The van der Waals surface area contributed by atoms with Crippen molar-refractivity contribution in [3.05, 3.63) is 64.8 Å². The van der Waals surface area contributed by atoms with Gasteiger partial charge in [0.15, 0.2) is 5.43 Å². The van der Waals surface area contributed by atoms with Gasteiger partial charge >= 0.3 is 0 Å². The van der Waals surface area contributed by atoms with Crippen LogP contribution in [-0.4, -0.2) is 12.5 Å². The van der Waals surface area contributed by atoms with Crippen LogP contribution in [0.3, 0.4) is 0 Å². The Balaban J connectivity index is 1.73. The number of halogens is 1. The topological polar surface area (TPSA) is 39.4 Å². The molecule has 0 N–H and O–H groups in total. The molecule has 0 aliphatic carbocycles. The van der Waals surface area contributed by atoms with Crippen LogP contribution in [0.15, 0.2) is 63.8 Å². The lowest BCUT2D eigenvalue weighted by Gasteiger charge is -2.08. The van der Waals surface area contributed by atoms with Crippen molar-refractivity contribution >= 4 is 22.6 Å². The monoisotopic (exact) mass is 356 g/mol. The maximum atomic E-state index is 12.4. The molecule has 0 aliphatic rings. The van der Waals surface area contributed by atoms with Gasteiger partial charge in [0.1, 0.15) is 17.1 Å². The third kappa shape index (κ3) is 4.64. The number of rotatable bonds is 8. The number of hydrogen-bond donors (Lipinski definition) is 0. The van der Waals surface area contributed by atoms with Crippen LogP contribution < -0.4 is 10.2 Å². The van der Waals surface area contributed by atoms with Crippen LogP contribution >= 0.6 is 11.6 Å². The quantitative estimate of drug-likeness (QED) is 0.387. The normalized spacial score (nSPS) is 10.9. The molecule has 0 saturated carbocycles. The van der Waals surface area contributed by atoms with Crippen LogP contribution in [0.4, 0.5) is 0 Å². The van der Waals surface area contributed by atoms with Gasteiger partial charge in [-0.2, -0.15) is 0 Å². The molecular formula is C21H21ClO3. The molecule has 4 heteroatoms. The third-order valence-corrected chi connectivity index (χ3v) is 4.32. The van der Waals surface area contributed by atoms with Crippen molar-refractivity contribution in [1.29, 1.82) is 0 Å². The van der Waals surface area contributed by atoms with Gasteiger partial charge in [0.2, 0.25) is 0 Å². The van der Waals surface area contributed by atoms with Crippen LogP contribution in [0, 0.1) is 0 Å². The van der Waals surface area contributed by atoms with E-state index in [0.29, 0.717) is 35.0 Å². The molecule has 1 aromatic heterocycles. The molecule has 2 aromatic carbocycles. The number of ether oxygens (including phenoxy) is 1. The van der Waals surface area contributed by atoms with Crippen molar-refractivity contribution in [3.63, 3.8) is 0 Å². The lowest BCUT2D eigenvalue weighted by molar-refractivity contribution is 0.305. The summed E-state index contributed by atoms with van der Waals surface area (Å²) < 4.78 is 11.6. The second-order valence-electron chi connectivity index (χ2n) is 5.95. The Bertz CT molecular complexity index is 871. The summed E-state index contributed by atoms with van der Waals surface area (Å²) in [6, 6.07) is 16.6. The summed E-state index contributed by atoms with van der Waals surface area (Å²) in [7, 11) is 0. The van der Waals surface area contributed by atoms with Gasteiger partial charge in [0.05, 0.1) is 12.0 Å². The zero-order valence-electron chi connectivity index (χ0n) is 14.0. The highest BCUT2D eigenvalue weighted by Crippen LogP contribution is 2.24. The molecule has 1 heterocycles. The average molecular weight is 357 g/mol. The smallest absolute Gasteiger partial charge is 0.193 e. The number of benzene rings is 2. The fraction of sp³-hybridized carbons (Fsp3) is 0.286. The van der Waals surface area contributed by atoms with Crippen LogP contribution in [0.5, 0.6) is 5.75 Å². The van der Waals surface area contributed by atoms with E-state index >= 15 is 0 Å². The van der Waals surface area contributed by atoms with Gasteiger partial charge in [-0.15, -0.1) is 11.6 Å². The average Bonchev–Trinajstić information content (AvgIpc) is 2.65. The van der Waals surface area contributed by atoms with E-state index in [1.165, 1.54) is 6.07 Å². The molecule has 0 aliphatic heterocycles. The van der Waals surface area contributed by atoms with Gasteiger partial charge in [0, 0.05) is 17.5 Å². The molecule has 0 unspecified atom stereocenters. The molecule has 0 amide bonds. The molecule has 0 radical (unpaired) electrons. The summed E-state index contributed by atoms with van der Waals surface area (Å²) in [5, 5.41) is 0.541. The van der Waals surface area contributed by atoms with E-state index in [-0.39, 0.29) is 5.43 Å². The standard InChI is InChI=1S/C21H21ClO3/c22-12-6-1-2-7-13-24-17-10-11-20-18(14-17)19(23)15-21(25-20)16-8-4-3-5-9-16/h3-5,8-11,14-15H,1-2,6-7,12-13H2. The molecule has 0 saturated heterocycles. The molecule has 0 fully saturated rings. The minimum atomic E-state index is -0.0623. The Morgan fingerprint density at radius 2 is 1.72 bits per heavy atom. The Morgan fingerprint density at radius 1 is 0.920 bits per heavy atom. The largest absolute Gasteiger partial charge is 0.494 e. The van der Waals surface area contributed by atoms with Gasteiger partial charge in [-0.3, -0.25) is 4.79 Å². The Kier molecular flexibility index (Phi) is 6.13. The molecule has 3 aromatic rings. The molecule has 3 nitrogen and oxygen atoms in total. The van der Waals surface area contributed by atoms with Crippen LogP contribution in [0.2, 0.25) is 0 Å². The van der Waals surface area contributed by atoms with Crippen molar-refractivity contribution in [2.75, 3.05) is 12.5 Å². The molecular weight excluding hydrogens is 336 g/mol. The summed E-state index contributed by atoms with van der Waals surface area (Å²) in [5.74, 6) is 1.99. The molecule has 0 atom stereocenters. The first-order valence-electron chi connectivity index (χ1n) is 8.60. The molecule has 130 valence electrons. The second kappa shape index (κ2) is 8.72. The van der Waals surface area contributed by atoms with E-state index < -0.39 is 0 Å². The van der Waals surface area contributed by atoms with Crippen molar-refractivity contribution in [2.24, 2.45) is 0 Å². The maximum Gasteiger partial charge on any atom is 0.193 e. The van der Waals surface area contributed by atoms with E-state index in [0.717, 1.165) is 31.2 Å². The predicted molar refractivity (Wildman–Crippen MR) is 103 cm³/mol. The first-order valence-corrected chi connectivity index (χ1v) is 9.13. The molecule has 25 heavy (non-hydrogen) atoms. The van der Waals surface area contributed by atoms with Gasteiger partial charge in [-0.1, -0.05) is 43.2 Å². The van der Waals surface area contributed by atoms with Crippen LogP contribution in [0.1, 0.15) is 25.7 Å². The highest BCUT2D eigenvalue weighted by Gasteiger charge is 2.08. The number of fused-ring (bicyclic) bond motifs is 1.